The molecule has 1 aliphatic carbocycles. The lowest BCUT2D eigenvalue weighted by atomic mass is 10.3. The molecule has 0 spiro atoms. The third-order valence-corrected chi connectivity index (χ3v) is 3.17. The molecule has 1 aliphatic rings. The second-order valence-electron chi connectivity index (χ2n) is 5.05. The molecule has 0 radical (unpaired) electrons. The summed E-state index contributed by atoms with van der Waals surface area (Å²) in [6, 6.07) is 1.87. The number of aromatic nitrogens is 2. The van der Waals surface area contributed by atoms with Gasteiger partial charge in [0, 0.05) is 38.5 Å². The van der Waals surface area contributed by atoms with Crippen LogP contribution < -0.4 is 16.0 Å². The summed E-state index contributed by atoms with van der Waals surface area (Å²) in [6.45, 7) is 3.36. The van der Waals surface area contributed by atoms with Crippen LogP contribution in [0.2, 0.25) is 0 Å². The number of hydrogen-bond donors (Lipinski definition) is 3. The summed E-state index contributed by atoms with van der Waals surface area (Å²) in [7, 11) is 1.85. The number of nitrogens with one attached hydrogen (secondary N) is 3. The van der Waals surface area contributed by atoms with Crippen molar-refractivity contribution in [2.24, 2.45) is 0 Å². The Morgan fingerprint density at radius 1 is 1.30 bits per heavy atom. The van der Waals surface area contributed by atoms with Crippen molar-refractivity contribution in [2.45, 2.75) is 38.5 Å². The molecule has 0 unspecified atom stereocenters. The lowest BCUT2D eigenvalue weighted by Crippen LogP contribution is -2.26. The second kappa shape index (κ2) is 7.07. The monoisotopic (exact) mass is 277 g/mol. The van der Waals surface area contributed by atoms with Crippen LogP contribution in [0.15, 0.2) is 6.07 Å². The van der Waals surface area contributed by atoms with Gasteiger partial charge in [0.15, 0.2) is 0 Å². The van der Waals surface area contributed by atoms with Crippen LogP contribution in [0, 0.1) is 0 Å². The molecule has 1 aromatic heterocycles. The van der Waals surface area contributed by atoms with E-state index in [9.17, 15) is 4.79 Å². The van der Waals surface area contributed by atoms with Crippen LogP contribution in [0.1, 0.15) is 44.3 Å². The first-order chi connectivity index (χ1) is 9.72. The highest BCUT2D eigenvalue weighted by Crippen LogP contribution is 2.38. The average molecular weight is 277 g/mol. The fourth-order valence-electron chi connectivity index (χ4n) is 1.87. The summed E-state index contributed by atoms with van der Waals surface area (Å²) < 4.78 is 0. The van der Waals surface area contributed by atoms with Gasteiger partial charge in [-0.25, -0.2) is 9.97 Å². The fraction of sp³-hybridized carbons (Fsp3) is 0.643. The summed E-state index contributed by atoms with van der Waals surface area (Å²) in [6.07, 6.45) is 3.76. The second-order valence-corrected chi connectivity index (χ2v) is 5.05. The maximum absolute atomic E-state index is 11.5. The Labute approximate surface area is 119 Å². The molecule has 6 nitrogen and oxygen atoms in total. The minimum Gasteiger partial charge on any atom is -0.373 e. The van der Waals surface area contributed by atoms with Crippen molar-refractivity contribution in [3.8, 4) is 0 Å². The predicted octanol–water partition coefficient (Wildman–Crippen LogP) is 1.72. The van der Waals surface area contributed by atoms with Crippen LogP contribution in [-0.4, -0.2) is 36.0 Å². The minimum atomic E-state index is 0.0738. The van der Waals surface area contributed by atoms with Gasteiger partial charge in [-0.3, -0.25) is 4.79 Å². The summed E-state index contributed by atoms with van der Waals surface area (Å²) in [5, 5.41) is 9.10. The molecule has 1 heterocycles. The molecule has 6 heteroatoms. The Balaban J connectivity index is 1.85. The molecule has 1 aromatic rings. The standard InChI is InChI=1S/C14H23N5O/c1-3-7-17-13(20)6-8-16-12-9-11(15-2)18-14(19-12)10-4-5-10/h9-10H,3-8H2,1-2H3,(H,17,20)(H2,15,16,18,19). The molecule has 0 bridgehead atoms. The van der Waals surface area contributed by atoms with Crippen molar-refractivity contribution in [3.05, 3.63) is 11.9 Å². The van der Waals surface area contributed by atoms with E-state index in [-0.39, 0.29) is 5.91 Å². The zero-order valence-corrected chi connectivity index (χ0v) is 12.2. The van der Waals surface area contributed by atoms with Crippen molar-refractivity contribution in [1.82, 2.24) is 15.3 Å². The van der Waals surface area contributed by atoms with Crippen molar-refractivity contribution in [1.29, 1.82) is 0 Å². The maximum atomic E-state index is 11.5. The number of nitrogens with zero attached hydrogens (tertiary/aromatic N) is 2. The molecule has 3 N–H and O–H groups in total. The van der Waals surface area contributed by atoms with E-state index in [0.29, 0.717) is 18.9 Å². The number of hydrogen-bond acceptors (Lipinski definition) is 5. The van der Waals surface area contributed by atoms with Gasteiger partial charge in [0.1, 0.15) is 17.5 Å². The van der Waals surface area contributed by atoms with E-state index in [1.807, 2.05) is 20.0 Å². The van der Waals surface area contributed by atoms with Gasteiger partial charge >= 0.3 is 0 Å². The lowest BCUT2D eigenvalue weighted by molar-refractivity contribution is -0.120. The summed E-state index contributed by atoms with van der Waals surface area (Å²) in [5.74, 6) is 3.09. The molecular weight excluding hydrogens is 254 g/mol. The maximum Gasteiger partial charge on any atom is 0.221 e. The molecule has 0 aromatic carbocycles. The molecule has 0 aliphatic heterocycles. The number of anilines is 2. The Bertz CT molecular complexity index is 459. The molecule has 2 rings (SSSR count). The smallest absolute Gasteiger partial charge is 0.221 e. The lowest BCUT2D eigenvalue weighted by Gasteiger charge is -2.09. The van der Waals surface area contributed by atoms with Crippen LogP contribution >= 0.6 is 0 Å². The largest absolute Gasteiger partial charge is 0.373 e. The Kier molecular flexibility index (Phi) is 5.15. The predicted molar refractivity (Wildman–Crippen MR) is 80.0 cm³/mol. The van der Waals surface area contributed by atoms with E-state index in [4.69, 9.17) is 0 Å². The van der Waals surface area contributed by atoms with Gasteiger partial charge in [0.05, 0.1) is 0 Å². The summed E-state index contributed by atoms with van der Waals surface area (Å²) >= 11 is 0. The fourth-order valence-corrected chi connectivity index (χ4v) is 1.87. The van der Waals surface area contributed by atoms with E-state index in [1.54, 1.807) is 0 Å². The van der Waals surface area contributed by atoms with Crippen LogP contribution in [0.4, 0.5) is 11.6 Å². The first-order valence-corrected chi connectivity index (χ1v) is 7.30. The molecule has 1 amide bonds. The van der Waals surface area contributed by atoms with E-state index >= 15 is 0 Å². The van der Waals surface area contributed by atoms with Crippen molar-refractivity contribution in [3.63, 3.8) is 0 Å². The van der Waals surface area contributed by atoms with Gasteiger partial charge in [0.25, 0.3) is 0 Å². The molecule has 20 heavy (non-hydrogen) atoms. The topological polar surface area (TPSA) is 78.9 Å². The summed E-state index contributed by atoms with van der Waals surface area (Å²) in [5.41, 5.74) is 0. The van der Waals surface area contributed by atoms with Gasteiger partial charge in [-0.1, -0.05) is 6.92 Å². The highest BCUT2D eigenvalue weighted by molar-refractivity contribution is 5.76. The molecular formula is C14H23N5O. The Morgan fingerprint density at radius 3 is 2.70 bits per heavy atom. The highest BCUT2D eigenvalue weighted by atomic mass is 16.1. The average Bonchev–Trinajstić information content (AvgIpc) is 3.29. The van der Waals surface area contributed by atoms with Crippen LogP contribution in [-0.2, 0) is 4.79 Å². The summed E-state index contributed by atoms with van der Waals surface area (Å²) in [4.78, 5) is 20.5. The van der Waals surface area contributed by atoms with E-state index in [0.717, 1.165) is 30.4 Å². The van der Waals surface area contributed by atoms with Crippen LogP contribution in [0.5, 0.6) is 0 Å². The van der Waals surface area contributed by atoms with Crippen LogP contribution in [0.3, 0.4) is 0 Å². The number of rotatable bonds is 8. The van der Waals surface area contributed by atoms with Crippen molar-refractivity contribution >= 4 is 17.5 Å². The number of carbonyl (C=O) groups excluding carboxylic acids is 1. The zero-order valence-electron chi connectivity index (χ0n) is 12.2. The van der Waals surface area contributed by atoms with E-state index in [1.165, 1.54) is 12.8 Å². The Morgan fingerprint density at radius 2 is 2.05 bits per heavy atom. The zero-order chi connectivity index (χ0) is 14.4. The third kappa shape index (κ3) is 4.36. The first kappa shape index (κ1) is 14.6. The quantitative estimate of drug-likeness (QED) is 0.674. The van der Waals surface area contributed by atoms with E-state index < -0.39 is 0 Å². The molecule has 0 atom stereocenters. The molecule has 0 saturated heterocycles. The number of carbonyl (C=O) groups is 1. The third-order valence-electron chi connectivity index (χ3n) is 3.17. The van der Waals surface area contributed by atoms with Gasteiger partial charge in [0.2, 0.25) is 5.91 Å². The van der Waals surface area contributed by atoms with Gasteiger partial charge in [-0.15, -0.1) is 0 Å². The molecule has 110 valence electrons. The minimum absolute atomic E-state index is 0.0738. The normalized spacial score (nSPS) is 13.9. The number of amides is 1. The van der Waals surface area contributed by atoms with Gasteiger partial charge < -0.3 is 16.0 Å². The first-order valence-electron chi connectivity index (χ1n) is 7.30. The SMILES string of the molecule is CCCNC(=O)CCNc1cc(NC)nc(C2CC2)n1. The van der Waals surface area contributed by atoms with E-state index in [2.05, 4.69) is 25.9 Å². The Hall–Kier alpha value is -1.85. The van der Waals surface area contributed by atoms with Gasteiger partial charge in [-0.05, 0) is 19.3 Å². The molecule has 1 saturated carbocycles. The van der Waals surface area contributed by atoms with Gasteiger partial charge in [-0.2, -0.15) is 0 Å². The molecule has 1 fully saturated rings. The van der Waals surface area contributed by atoms with Crippen molar-refractivity contribution < 1.29 is 4.79 Å². The highest BCUT2D eigenvalue weighted by Gasteiger charge is 2.27. The van der Waals surface area contributed by atoms with Crippen molar-refractivity contribution in [2.75, 3.05) is 30.8 Å². The van der Waals surface area contributed by atoms with Crippen LogP contribution in [0.25, 0.3) is 0 Å².